The molecule has 0 bridgehead atoms. The molecule has 0 spiro atoms. The molecule has 0 unspecified atom stereocenters. The molecule has 0 aromatic carbocycles. The van der Waals surface area contributed by atoms with Gasteiger partial charge < -0.3 is 0 Å². The molecule has 152 valence electrons. The Kier molecular flexibility index (Phi) is 38.5. The molecule has 0 aromatic rings. The maximum atomic E-state index is 4.52. The summed E-state index contributed by atoms with van der Waals surface area (Å²) in [4.78, 5) is 4.52. The fourth-order valence-electron chi connectivity index (χ4n) is 1.77. The average molecular weight is 362 g/mol. The highest BCUT2D eigenvalue weighted by atomic mass is 14.7. The van der Waals surface area contributed by atoms with Crippen molar-refractivity contribution in [1.82, 2.24) is 0 Å². The van der Waals surface area contributed by atoms with Crippen molar-refractivity contribution < 1.29 is 0 Å². The highest BCUT2D eigenvalue weighted by Gasteiger charge is 1.95. The monoisotopic (exact) mass is 361 g/mol. The lowest BCUT2D eigenvalue weighted by atomic mass is 10.1. The molecule has 0 aromatic heterocycles. The highest BCUT2D eigenvalue weighted by molar-refractivity contribution is 5.78. The Labute approximate surface area is 166 Å². The number of allylic oxidation sites excluding steroid dienone is 7. The molecule has 1 nitrogen and oxygen atoms in total. The van der Waals surface area contributed by atoms with Gasteiger partial charge in [-0.3, -0.25) is 4.99 Å². The topological polar surface area (TPSA) is 12.4 Å². The Bertz CT molecular complexity index is 392. The van der Waals surface area contributed by atoms with Gasteiger partial charge in [-0.1, -0.05) is 98.4 Å². The third kappa shape index (κ3) is 27.2. The van der Waals surface area contributed by atoms with Crippen LogP contribution in [-0.2, 0) is 0 Å². The van der Waals surface area contributed by atoms with Crippen molar-refractivity contribution in [3.63, 3.8) is 0 Å². The van der Waals surface area contributed by atoms with Crippen LogP contribution in [0.15, 0.2) is 65.8 Å². The van der Waals surface area contributed by atoms with Crippen LogP contribution in [-0.4, -0.2) is 12.8 Å². The Balaban J connectivity index is -0.000000362. The van der Waals surface area contributed by atoms with Crippen LogP contribution in [0.4, 0.5) is 0 Å². The van der Waals surface area contributed by atoms with Crippen LogP contribution in [0.5, 0.6) is 0 Å². The summed E-state index contributed by atoms with van der Waals surface area (Å²) < 4.78 is 0. The van der Waals surface area contributed by atoms with E-state index in [0.717, 1.165) is 25.8 Å². The summed E-state index contributed by atoms with van der Waals surface area (Å²) >= 11 is 0. The summed E-state index contributed by atoms with van der Waals surface area (Å²) in [6, 6.07) is 0. The largest absolute Gasteiger partial charge is 0.293 e. The van der Waals surface area contributed by atoms with E-state index in [4.69, 9.17) is 0 Å². The van der Waals surface area contributed by atoms with Gasteiger partial charge in [0.05, 0.1) is 0 Å². The molecule has 0 saturated heterocycles. The molecular formula is C25H47N. The Morgan fingerprint density at radius 3 is 1.92 bits per heavy atom. The van der Waals surface area contributed by atoms with E-state index in [-0.39, 0.29) is 0 Å². The van der Waals surface area contributed by atoms with E-state index in [2.05, 4.69) is 57.1 Å². The third-order valence-corrected chi connectivity index (χ3v) is 2.79. The first-order chi connectivity index (χ1) is 12.6. The number of rotatable bonds is 10. The molecule has 0 fully saturated rings. The molecule has 0 rings (SSSR count). The van der Waals surface area contributed by atoms with Gasteiger partial charge in [0.15, 0.2) is 0 Å². The molecule has 0 atom stereocenters. The molecule has 0 radical (unpaired) electrons. The van der Waals surface area contributed by atoms with Gasteiger partial charge in [0.25, 0.3) is 0 Å². The van der Waals surface area contributed by atoms with Gasteiger partial charge in [0.2, 0.25) is 0 Å². The third-order valence-electron chi connectivity index (χ3n) is 2.79. The van der Waals surface area contributed by atoms with Gasteiger partial charge >= 0.3 is 0 Å². The molecular weight excluding hydrogens is 314 g/mol. The maximum Gasteiger partial charge on any atom is 0.0429 e. The van der Waals surface area contributed by atoms with Crippen molar-refractivity contribution in [3.05, 3.63) is 60.8 Å². The molecule has 0 aliphatic heterocycles. The van der Waals surface area contributed by atoms with Crippen molar-refractivity contribution >= 4 is 6.21 Å². The van der Waals surface area contributed by atoms with Crippen LogP contribution >= 0.6 is 0 Å². The zero-order chi connectivity index (χ0) is 21.2. The predicted octanol–water partition coefficient (Wildman–Crippen LogP) is 8.76. The first-order valence-electron chi connectivity index (χ1n) is 10.4. The van der Waals surface area contributed by atoms with Gasteiger partial charge in [-0.05, 0) is 43.3 Å². The molecule has 0 aliphatic rings. The summed E-state index contributed by atoms with van der Waals surface area (Å²) in [5.74, 6) is 0.558. The first-order valence-corrected chi connectivity index (χ1v) is 10.4. The second-order valence-electron chi connectivity index (χ2n) is 5.06. The summed E-state index contributed by atoms with van der Waals surface area (Å²) in [5.41, 5.74) is 2.60. The Hall–Kier alpha value is -1.63. The summed E-state index contributed by atoms with van der Waals surface area (Å²) in [6.07, 6.45) is 17.3. The van der Waals surface area contributed by atoms with Crippen molar-refractivity contribution in [2.24, 2.45) is 10.9 Å². The van der Waals surface area contributed by atoms with E-state index in [1.54, 1.807) is 0 Å². The normalized spacial score (nSPS) is 11.2. The minimum absolute atomic E-state index is 0.558. The van der Waals surface area contributed by atoms with Crippen molar-refractivity contribution in [2.75, 3.05) is 6.54 Å². The Morgan fingerprint density at radius 2 is 1.50 bits per heavy atom. The Morgan fingerprint density at radius 1 is 0.923 bits per heavy atom. The predicted molar refractivity (Wildman–Crippen MR) is 127 cm³/mol. The van der Waals surface area contributed by atoms with E-state index in [1.165, 1.54) is 11.1 Å². The number of aliphatic imine (C=N–C) groups is 1. The molecule has 0 amide bonds. The molecule has 0 saturated carbocycles. The van der Waals surface area contributed by atoms with Crippen LogP contribution in [0.2, 0.25) is 0 Å². The minimum atomic E-state index is 0.558. The van der Waals surface area contributed by atoms with Crippen LogP contribution in [0, 0.1) is 5.92 Å². The summed E-state index contributed by atoms with van der Waals surface area (Å²) in [7, 11) is 0. The molecule has 0 heterocycles. The van der Waals surface area contributed by atoms with Gasteiger partial charge in [-0.25, -0.2) is 0 Å². The lowest BCUT2D eigenvalue weighted by Gasteiger charge is -2.03. The molecule has 1 heteroatoms. The van der Waals surface area contributed by atoms with Gasteiger partial charge in [-0.2, -0.15) is 0 Å². The van der Waals surface area contributed by atoms with Crippen LogP contribution in [0.3, 0.4) is 0 Å². The van der Waals surface area contributed by atoms with E-state index < -0.39 is 0 Å². The second-order valence-corrected chi connectivity index (χ2v) is 5.06. The summed E-state index contributed by atoms with van der Waals surface area (Å²) in [6.45, 7) is 26.7. The van der Waals surface area contributed by atoms with E-state index >= 15 is 0 Å². The van der Waals surface area contributed by atoms with E-state index in [1.807, 2.05) is 66.0 Å². The maximum absolute atomic E-state index is 4.52. The first kappa shape index (κ1) is 32.1. The highest BCUT2D eigenvalue weighted by Crippen LogP contribution is 2.09. The van der Waals surface area contributed by atoms with Gasteiger partial charge in [0.1, 0.15) is 0 Å². The minimum Gasteiger partial charge on any atom is -0.293 e. The number of hydrogen-bond donors (Lipinski definition) is 0. The van der Waals surface area contributed by atoms with Crippen molar-refractivity contribution in [3.8, 4) is 0 Å². The lowest BCUT2D eigenvalue weighted by molar-refractivity contribution is 0.813. The zero-order valence-corrected chi connectivity index (χ0v) is 19.3. The van der Waals surface area contributed by atoms with Gasteiger partial charge in [-0.15, -0.1) is 6.58 Å². The van der Waals surface area contributed by atoms with Crippen LogP contribution in [0.1, 0.15) is 81.6 Å². The summed E-state index contributed by atoms with van der Waals surface area (Å²) in [5, 5.41) is 0. The van der Waals surface area contributed by atoms with E-state index in [9.17, 15) is 0 Å². The molecule has 26 heavy (non-hydrogen) atoms. The molecule has 0 aliphatic carbocycles. The standard InChI is InChI=1S/C19H29N.3C2H6/c1-6-9-11-18(8-3)16-20-14-13-19(12-10-7-2)15-17(4)5;3*1-2/h6-8,10,12,15-17H,1-2,9,11,13-14H2,3-5H3;3*1-2H3/b12-10-,18-8+,19-15+,20-16?;;;. The quantitative estimate of drug-likeness (QED) is 0.209. The second kappa shape index (κ2) is 31.2. The average Bonchev–Trinajstić information content (AvgIpc) is 2.69. The smallest absolute Gasteiger partial charge is 0.0429 e. The van der Waals surface area contributed by atoms with Crippen molar-refractivity contribution in [2.45, 2.75) is 81.6 Å². The zero-order valence-electron chi connectivity index (χ0n) is 19.3. The fraction of sp³-hybridized carbons (Fsp3) is 0.560. The van der Waals surface area contributed by atoms with Crippen LogP contribution < -0.4 is 0 Å². The van der Waals surface area contributed by atoms with Crippen LogP contribution in [0.25, 0.3) is 0 Å². The fourth-order valence-corrected chi connectivity index (χ4v) is 1.77. The SMILES string of the molecule is C=C/C=C\C(=C/C(C)C)CCN=C/C(=C/C)CCC=C.CC.CC.CC. The lowest BCUT2D eigenvalue weighted by Crippen LogP contribution is -1.91. The number of hydrogen-bond acceptors (Lipinski definition) is 1. The van der Waals surface area contributed by atoms with Crippen molar-refractivity contribution in [1.29, 1.82) is 0 Å². The molecule has 0 N–H and O–H groups in total. The number of nitrogens with zero attached hydrogens (tertiary/aromatic N) is 1. The van der Waals surface area contributed by atoms with E-state index in [0.29, 0.717) is 5.92 Å². The van der Waals surface area contributed by atoms with Gasteiger partial charge in [0, 0.05) is 12.8 Å².